The SMILES string of the molecule is COc1cccc([C@@]23CNC[C@@H]2C3)c1. The Balaban J connectivity index is 1.96. The lowest BCUT2D eigenvalue weighted by Crippen LogP contribution is -2.19. The lowest BCUT2D eigenvalue weighted by molar-refractivity contribution is 0.413. The van der Waals surface area contributed by atoms with Crippen LogP contribution in [0.2, 0.25) is 0 Å². The van der Waals surface area contributed by atoms with Crippen molar-refractivity contribution >= 4 is 0 Å². The third kappa shape index (κ3) is 1.01. The van der Waals surface area contributed by atoms with Crippen LogP contribution in [0.3, 0.4) is 0 Å². The second-order valence-corrected chi connectivity index (χ2v) is 4.42. The molecule has 2 fully saturated rings. The van der Waals surface area contributed by atoms with Gasteiger partial charge in [0.2, 0.25) is 0 Å². The van der Waals surface area contributed by atoms with Crippen LogP contribution in [0.1, 0.15) is 12.0 Å². The Morgan fingerprint density at radius 3 is 3.07 bits per heavy atom. The topological polar surface area (TPSA) is 21.3 Å². The molecule has 0 unspecified atom stereocenters. The molecule has 2 heteroatoms. The van der Waals surface area contributed by atoms with Crippen LogP contribution >= 0.6 is 0 Å². The van der Waals surface area contributed by atoms with Crippen molar-refractivity contribution in [1.29, 1.82) is 0 Å². The Labute approximate surface area is 84.3 Å². The summed E-state index contributed by atoms with van der Waals surface area (Å²) in [4.78, 5) is 0. The Hall–Kier alpha value is -1.02. The quantitative estimate of drug-likeness (QED) is 0.762. The minimum absolute atomic E-state index is 0.453. The minimum Gasteiger partial charge on any atom is -0.497 e. The van der Waals surface area contributed by atoms with Gasteiger partial charge in [-0.1, -0.05) is 12.1 Å². The van der Waals surface area contributed by atoms with Gasteiger partial charge in [0.25, 0.3) is 0 Å². The van der Waals surface area contributed by atoms with Crippen LogP contribution in [0.15, 0.2) is 24.3 Å². The predicted octanol–water partition coefficient (Wildman–Crippen LogP) is 1.56. The number of methoxy groups -OCH3 is 1. The predicted molar refractivity (Wildman–Crippen MR) is 55.6 cm³/mol. The van der Waals surface area contributed by atoms with E-state index in [2.05, 4.69) is 23.5 Å². The van der Waals surface area contributed by atoms with Gasteiger partial charge in [-0.3, -0.25) is 0 Å². The van der Waals surface area contributed by atoms with Gasteiger partial charge < -0.3 is 10.1 Å². The van der Waals surface area contributed by atoms with Gasteiger partial charge in [-0.25, -0.2) is 0 Å². The number of ether oxygens (including phenoxy) is 1. The van der Waals surface area contributed by atoms with Crippen molar-refractivity contribution in [3.05, 3.63) is 29.8 Å². The molecule has 1 aromatic rings. The first-order chi connectivity index (χ1) is 6.85. The third-order valence-corrected chi connectivity index (χ3v) is 3.71. The normalized spacial score (nSPS) is 33.9. The van der Waals surface area contributed by atoms with Crippen molar-refractivity contribution in [2.24, 2.45) is 5.92 Å². The van der Waals surface area contributed by atoms with Crippen LogP contribution in [0.5, 0.6) is 5.75 Å². The second kappa shape index (κ2) is 2.74. The fourth-order valence-corrected chi connectivity index (χ4v) is 2.72. The molecule has 1 saturated heterocycles. The molecule has 1 aliphatic carbocycles. The highest BCUT2D eigenvalue weighted by Crippen LogP contribution is 2.56. The first-order valence-corrected chi connectivity index (χ1v) is 5.20. The lowest BCUT2D eigenvalue weighted by atomic mass is 9.95. The van der Waals surface area contributed by atoms with E-state index in [-0.39, 0.29) is 0 Å². The maximum atomic E-state index is 5.26. The van der Waals surface area contributed by atoms with Crippen LogP contribution in [-0.2, 0) is 5.41 Å². The van der Waals surface area contributed by atoms with Crippen molar-refractivity contribution < 1.29 is 4.74 Å². The van der Waals surface area contributed by atoms with E-state index in [1.807, 2.05) is 6.07 Å². The Morgan fingerprint density at radius 2 is 2.43 bits per heavy atom. The van der Waals surface area contributed by atoms with Gasteiger partial charge in [-0.05, 0) is 36.6 Å². The highest BCUT2D eigenvalue weighted by molar-refractivity contribution is 5.41. The molecule has 0 bridgehead atoms. The average Bonchev–Trinajstić information content (AvgIpc) is 2.82. The van der Waals surface area contributed by atoms with Gasteiger partial charge in [-0.2, -0.15) is 0 Å². The number of benzene rings is 1. The number of piperidine rings is 1. The van der Waals surface area contributed by atoms with E-state index in [0.717, 1.165) is 18.2 Å². The van der Waals surface area contributed by atoms with Crippen molar-refractivity contribution in [2.75, 3.05) is 20.2 Å². The van der Waals surface area contributed by atoms with Crippen LogP contribution < -0.4 is 10.1 Å². The molecule has 74 valence electrons. The van der Waals surface area contributed by atoms with Gasteiger partial charge in [0.15, 0.2) is 0 Å². The Bertz CT molecular complexity index is 363. The summed E-state index contributed by atoms with van der Waals surface area (Å²) in [6, 6.07) is 8.53. The number of nitrogens with one attached hydrogen (secondary N) is 1. The van der Waals surface area contributed by atoms with Crippen LogP contribution in [0.25, 0.3) is 0 Å². The summed E-state index contributed by atoms with van der Waals surface area (Å²) in [5.41, 5.74) is 1.90. The Morgan fingerprint density at radius 1 is 1.50 bits per heavy atom. The molecule has 1 N–H and O–H groups in total. The highest BCUT2D eigenvalue weighted by Gasteiger charge is 2.57. The van der Waals surface area contributed by atoms with Gasteiger partial charge in [-0.15, -0.1) is 0 Å². The fraction of sp³-hybridized carbons (Fsp3) is 0.500. The molecule has 1 aromatic carbocycles. The summed E-state index contributed by atoms with van der Waals surface area (Å²) in [7, 11) is 1.73. The highest BCUT2D eigenvalue weighted by atomic mass is 16.5. The molecule has 0 radical (unpaired) electrons. The van der Waals surface area contributed by atoms with Gasteiger partial charge >= 0.3 is 0 Å². The zero-order valence-electron chi connectivity index (χ0n) is 8.42. The van der Waals surface area contributed by atoms with E-state index < -0.39 is 0 Å². The van der Waals surface area contributed by atoms with E-state index in [1.165, 1.54) is 18.5 Å². The van der Waals surface area contributed by atoms with Crippen LogP contribution in [0.4, 0.5) is 0 Å². The van der Waals surface area contributed by atoms with Crippen molar-refractivity contribution in [1.82, 2.24) is 5.32 Å². The molecule has 1 aliphatic heterocycles. The maximum Gasteiger partial charge on any atom is 0.119 e. The molecule has 0 aromatic heterocycles. The van der Waals surface area contributed by atoms with E-state index in [4.69, 9.17) is 4.74 Å². The molecule has 1 saturated carbocycles. The molecule has 1 heterocycles. The zero-order chi connectivity index (χ0) is 9.60. The van der Waals surface area contributed by atoms with Crippen molar-refractivity contribution in [3.8, 4) is 5.75 Å². The van der Waals surface area contributed by atoms with E-state index in [1.54, 1.807) is 7.11 Å². The summed E-state index contributed by atoms with van der Waals surface area (Å²) in [6.07, 6.45) is 1.35. The molecule has 0 amide bonds. The van der Waals surface area contributed by atoms with E-state index >= 15 is 0 Å². The smallest absolute Gasteiger partial charge is 0.119 e. The molecule has 2 nitrogen and oxygen atoms in total. The monoisotopic (exact) mass is 189 g/mol. The number of fused-ring (bicyclic) bond motifs is 1. The maximum absolute atomic E-state index is 5.26. The summed E-state index contributed by atoms with van der Waals surface area (Å²) in [5.74, 6) is 1.85. The van der Waals surface area contributed by atoms with Crippen LogP contribution in [-0.4, -0.2) is 20.2 Å². The average molecular weight is 189 g/mol. The summed E-state index contributed by atoms with van der Waals surface area (Å²) >= 11 is 0. The molecule has 2 aliphatic rings. The largest absolute Gasteiger partial charge is 0.497 e. The van der Waals surface area contributed by atoms with E-state index in [0.29, 0.717) is 5.41 Å². The number of hydrogen-bond acceptors (Lipinski definition) is 2. The van der Waals surface area contributed by atoms with Gasteiger partial charge in [0.1, 0.15) is 5.75 Å². The summed E-state index contributed by atoms with van der Waals surface area (Å²) in [6.45, 7) is 2.34. The molecular formula is C12H15NO. The molecular weight excluding hydrogens is 174 g/mol. The molecule has 3 rings (SSSR count). The Kier molecular flexibility index (Phi) is 1.62. The standard InChI is InChI=1S/C12H15NO/c1-14-11-4-2-3-9(5-11)12-6-10(12)7-13-8-12/h2-5,10,13H,6-8H2,1H3/t10-,12+/m0/s1. The lowest BCUT2D eigenvalue weighted by Gasteiger charge is -2.13. The minimum atomic E-state index is 0.453. The third-order valence-electron chi connectivity index (χ3n) is 3.71. The molecule has 0 spiro atoms. The van der Waals surface area contributed by atoms with Crippen molar-refractivity contribution in [2.45, 2.75) is 11.8 Å². The van der Waals surface area contributed by atoms with Crippen LogP contribution in [0, 0.1) is 5.92 Å². The fourth-order valence-electron chi connectivity index (χ4n) is 2.72. The second-order valence-electron chi connectivity index (χ2n) is 4.42. The first kappa shape index (κ1) is 8.30. The van der Waals surface area contributed by atoms with Crippen molar-refractivity contribution in [3.63, 3.8) is 0 Å². The first-order valence-electron chi connectivity index (χ1n) is 5.20. The molecule has 2 atom stereocenters. The van der Waals surface area contributed by atoms with E-state index in [9.17, 15) is 0 Å². The number of hydrogen-bond donors (Lipinski definition) is 1. The van der Waals surface area contributed by atoms with Gasteiger partial charge in [0, 0.05) is 12.0 Å². The zero-order valence-corrected chi connectivity index (χ0v) is 8.42. The van der Waals surface area contributed by atoms with Gasteiger partial charge in [0.05, 0.1) is 7.11 Å². The summed E-state index contributed by atoms with van der Waals surface area (Å²) < 4.78 is 5.26. The summed E-state index contributed by atoms with van der Waals surface area (Å²) in [5, 5.41) is 3.46. The number of rotatable bonds is 2. The molecule has 14 heavy (non-hydrogen) atoms.